The summed E-state index contributed by atoms with van der Waals surface area (Å²) in [6, 6.07) is 8.88. The summed E-state index contributed by atoms with van der Waals surface area (Å²) in [6.07, 6.45) is 2.61. The summed E-state index contributed by atoms with van der Waals surface area (Å²) in [4.78, 5) is 21.6. The quantitative estimate of drug-likeness (QED) is 0.404. The molecule has 0 aliphatic rings. The maximum absolute atomic E-state index is 14.7. The van der Waals surface area contributed by atoms with Crippen molar-refractivity contribution in [2.75, 3.05) is 0 Å². The minimum atomic E-state index is -1.98. The van der Waals surface area contributed by atoms with E-state index < -0.39 is 29.2 Å². The number of hydrogen-bond acceptors (Lipinski definition) is 5. The van der Waals surface area contributed by atoms with E-state index in [9.17, 15) is 18.7 Å². The summed E-state index contributed by atoms with van der Waals surface area (Å²) in [5.41, 5.74) is -0.674. The fourth-order valence-corrected chi connectivity index (χ4v) is 4.02. The number of halogens is 3. The van der Waals surface area contributed by atoms with Crippen LogP contribution in [0.15, 0.2) is 55.1 Å². The Morgan fingerprint density at radius 2 is 1.94 bits per heavy atom. The lowest BCUT2D eigenvalue weighted by molar-refractivity contribution is -0.0186. The number of benzene rings is 2. The van der Waals surface area contributed by atoms with Crippen molar-refractivity contribution < 1.29 is 18.7 Å². The van der Waals surface area contributed by atoms with Gasteiger partial charge in [0.1, 0.15) is 41.4 Å². The van der Waals surface area contributed by atoms with Crippen molar-refractivity contribution >= 4 is 17.5 Å². The van der Waals surface area contributed by atoms with Crippen LogP contribution in [0.1, 0.15) is 28.7 Å². The van der Waals surface area contributed by atoms with E-state index in [2.05, 4.69) is 20.4 Å². The molecule has 2 N–H and O–H groups in total. The number of aromatic nitrogens is 5. The highest BCUT2D eigenvalue weighted by Crippen LogP contribution is 2.31. The van der Waals surface area contributed by atoms with Crippen LogP contribution in [0.2, 0.25) is 5.02 Å². The van der Waals surface area contributed by atoms with Crippen molar-refractivity contribution in [2.24, 2.45) is 7.05 Å². The van der Waals surface area contributed by atoms with Gasteiger partial charge in [0.05, 0.1) is 12.6 Å². The molecular formula is C24H23ClF2N6O2. The minimum absolute atomic E-state index is 0.145. The van der Waals surface area contributed by atoms with Gasteiger partial charge in [-0.05, 0) is 44.2 Å². The van der Waals surface area contributed by atoms with Crippen LogP contribution in [-0.2, 0) is 19.2 Å². The van der Waals surface area contributed by atoms with Crippen molar-refractivity contribution in [2.45, 2.75) is 32.0 Å². The van der Waals surface area contributed by atoms with Crippen LogP contribution in [0.5, 0.6) is 0 Å². The molecule has 11 heteroatoms. The Hall–Kier alpha value is -3.63. The van der Waals surface area contributed by atoms with E-state index in [4.69, 9.17) is 11.6 Å². The monoisotopic (exact) mass is 500 g/mol. The lowest BCUT2D eigenvalue weighted by atomic mass is 9.86. The van der Waals surface area contributed by atoms with Gasteiger partial charge < -0.3 is 15.0 Å². The van der Waals surface area contributed by atoms with Crippen LogP contribution >= 0.6 is 11.6 Å². The molecule has 0 bridgehead atoms. The number of carbonyl (C=O) groups is 1. The molecule has 2 atom stereocenters. The third-order valence-corrected chi connectivity index (χ3v) is 6.28. The molecule has 2 heterocycles. The molecular weight excluding hydrogens is 478 g/mol. The molecule has 0 fully saturated rings. The smallest absolute Gasteiger partial charge is 0.272 e. The van der Waals surface area contributed by atoms with Crippen molar-refractivity contribution in [3.8, 4) is 11.4 Å². The Balaban J connectivity index is 1.66. The van der Waals surface area contributed by atoms with Crippen molar-refractivity contribution in [1.82, 2.24) is 29.6 Å². The van der Waals surface area contributed by atoms with E-state index in [-0.39, 0.29) is 17.8 Å². The second-order valence-electron chi connectivity index (χ2n) is 8.27. The second-order valence-corrected chi connectivity index (χ2v) is 8.71. The van der Waals surface area contributed by atoms with Crippen LogP contribution in [-0.4, -0.2) is 41.4 Å². The first-order chi connectivity index (χ1) is 16.6. The molecule has 35 heavy (non-hydrogen) atoms. The molecule has 0 aliphatic carbocycles. The number of aliphatic hydroxyl groups is 1. The van der Waals surface area contributed by atoms with Gasteiger partial charge in [-0.25, -0.2) is 23.4 Å². The molecule has 4 aromatic rings. The minimum Gasteiger partial charge on any atom is -0.381 e. The molecule has 1 amide bonds. The highest BCUT2D eigenvalue weighted by Gasteiger charge is 2.40. The average Bonchev–Trinajstić information content (AvgIpc) is 3.42. The zero-order valence-corrected chi connectivity index (χ0v) is 20.0. The Morgan fingerprint density at radius 3 is 2.57 bits per heavy atom. The molecule has 0 radical (unpaired) electrons. The van der Waals surface area contributed by atoms with Gasteiger partial charge in [0, 0.05) is 35.0 Å². The van der Waals surface area contributed by atoms with Gasteiger partial charge in [-0.2, -0.15) is 5.10 Å². The summed E-state index contributed by atoms with van der Waals surface area (Å²) in [6.45, 7) is 3.03. The predicted molar refractivity (Wildman–Crippen MR) is 126 cm³/mol. The predicted octanol–water partition coefficient (Wildman–Crippen LogP) is 3.62. The van der Waals surface area contributed by atoms with E-state index in [1.165, 1.54) is 24.3 Å². The topological polar surface area (TPSA) is 97.9 Å². The Morgan fingerprint density at radius 1 is 1.23 bits per heavy atom. The van der Waals surface area contributed by atoms with Crippen LogP contribution < -0.4 is 5.32 Å². The number of nitrogens with one attached hydrogen (secondary N) is 1. The SMILES string of the molecule is Cc1c(C(=O)NC(C)C(O)(Cn2cncn2)c2ccc(F)cc2F)nc(-c2ccc(Cl)cc2)n1C. The fourth-order valence-electron chi connectivity index (χ4n) is 3.89. The molecule has 182 valence electrons. The Bertz CT molecular complexity index is 1360. The number of imidazole rings is 1. The van der Waals surface area contributed by atoms with Crippen molar-refractivity contribution in [3.05, 3.63) is 88.7 Å². The number of rotatable bonds is 7. The molecule has 2 unspecified atom stereocenters. The molecule has 4 rings (SSSR count). The molecule has 0 aliphatic heterocycles. The molecule has 0 saturated heterocycles. The third kappa shape index (κ3) is 4.80. The first-order valence-corrected chi connectivity index (χ1v) is 11.1. The maximum atomic E-state index is 14.7. The van der Waals surface area contributed by atoms with Gasteiger partial charge in [0.15, 0.2) is 0 Å². The summed E-state index contributed by atoms with van der Waals surface area (Å²) in [5.74, 6) is -1.75. The largest absolute Gasteiger partial charge is 0.381 e. The lowest BCUT2D eigenvalue weighted by Crippen LogP contribution is -2.52. The molecule has 0 saturated carbocycles. The first kappa shape index (κ1) is 24.5. The lowest BCUT2D eigenvalue weighted by Gasteiger charge is -2.35. The van der Waals surface area contributed by atoms with Gasteiger partial charge >= 0.3 is 0 Å². The van der Waals surface area contributed by atoms with E-state index in [1.807, 2.05) is 0 Å². The standard InChI is InChI=1S/C24H23ClF2N6O2/c1-14-21(31-22(32(14)3)16-4-6-17(25)7-5-16)23(34)30-15(2)24(35,11-33-13-28-12-29-33)19-9-8-18(26)10-20(19)27/h4-10,12-13,15,35H,11H2,1-3H3,(H,30,34). The van der Waals surface area contributed by atoms with E-state index in [0.29, 0.717) is 22.6 Å². The number of amides is 1. The van der Waals surface area contributed by atoms with E-state index in [0.717, 1.165) is 17.7 Å². The third-order valence-electron chi connectivity index (χ3n) is 6.03. The zero-order chi connectivity index (χ0) is 25.3. The highest BCUT2D eigenvalue weighted by atomic mass is 35.5. The van der Waals surface area contributed by atoms with Crippen LogP contribution in [0.4, 0.5) is 8.78 Å². The summed E-state index contributed by atoms with van der Waals surface area (Å²) >= 11 is 5.97. The van der Waals surface area contributed by atoms with Crippen molar-refractivity contribution in [3.63, 3.8) is 0 Å². The molecule has 2 aromatic heterocycles. The highest BCUT2D eigenvalue weighted by molar-refractivity contribution is 6.30. The first-order valence-electron chi connectivity index (χ1n) is 10.7. The van der Waals surface area contributed by atoms with Gasteiger partial charge in [0.25, 0.3) is 5.91 Å². The van der Waals surface area contributed by atoms with Crippen LogP contribution in [0.25, 0.3) is 11.4 Å². The molecule has 0 spiro atoms. The Kier molecular flexibility index (Phi) is 6.68. The van der Waals surface area contributed by atoms with Gasteiger partial charge in [-0.1, -0.05) is 17.7 Å². The van der Waals surface area contributed by atoms with Crippen molar-refractivity contribution in [1.29, 1.82) is 0 Å². The van der Waals surface area contributed by atoms with Crippen LogP contribution in [0.3, 0.4) is 0 Å². The van der Waals surface area contributed by atoms with Gasteiger partial charge in [-0.3, -0.25) is 4.79 Å². The van der Waals surface area contributed by atoms with Gasteiger partial charge in [-0.15, -0.1) is 0 Å². The number of carbonyl (C=O) groups excluding carboxylic acids is 1. The Labute approximate surface area is 205 Å². The summed E-state index contributed by atoms with van der Waals surface area (Å²) in [5, 5.41) is 18.9. The average molecular weight is 501 g/mol. The van der Waals surface area contributed by atoms with Crippen LogP contribution in [0, 0.1) is 18.6 Å². The molecule has 2 aromatic carbocycles. The maximum Gasteiger partial charge on any atom is 0.272 e. The van der Waals surface area contributed by atoms with E-state index in [1.54, 1.807) is 42.8 Å². The summed E-state index contributed by atoms with van der Waals surface area (Å²) < 4.78 is 31.4. The zero-order valence-electron chi connectivity index (χ0n) is 19.2. The van der Waals surface area contributed by atoms with E-state index >= 15 is 0 Å². The fraction of sp³-hybridized carbons (Fsp3) is 0.250. The summed E-state index contributed by atoms with van der Waals surface area (Å²) in [7, 11) is 1.78. The molecule has 8 nitrogen and oxygen atoms in total. The van der Waals surface area contributed by atoms with Gasteiger partial charge in [0.2, 0.25) is 0 Å². The number of hydrogen-bond donors (Lipinski definition) is 2. The normalized spacial score (nSPS) is 13.9. The second kappa shape index (κ2) is 9.55. The number of nitrogens with zero attached hydrogens (tertiary/aromatic N) is 5.